The SMILES string of the molecule is O=C(Cc1cccnc1)C1CC2CCC1C2. The van der Waals surface area contributed by atoms with Crippen LogP contribution in [-0.4, -0.2) is 10.8 Å². The molecule has 2 fully saturated rings. The molecule has 0 N–H and O–H groups in total. The van der Waals surface area contributed by atoms with Crippen LogP contribution in [0.15, 0.2) is 24.5 Å². The number of aromatic nitrogens is 1. The van der Waals surface area contributed by atoms with Gasteiger partial charge in [0, 0.05) is 24.7 Å². The highest BCUT2D eigenvalue weighted by Crippen LogP contribution is 2.48. The van der Waals surface area contributed by atoms with E-state index < -0.39 is 0 Å². The lowest BCUT2D eigenvalue weighted by Gasteiger charge is -2.20. The van der Waals surface area contributed by atoms with E-state index in [9.17, 15) is 4.79 Å². The van der Waals surface area contributed by atoms with Gasteiger partial charge < -0.3 is 0 Å². The van der Waals surface area contributed by atoms with Gasteiger partial charge in [0.05, 0.1) is 0 Å². The Morgan fingerprint density at radius 1 is 1.38 bits per heavy atom. The minimum absolute atomic E-state index is 0.360. The molecule has 1 aromatic heterocycles. The number of nitrogens with zero attached hydrogens (tertiary/aromatic N) is 1. The number of hydrogen-bond donors (Lipinski definition) is 0. The first kappa shape index (κ1) is 10.0. The normalized spacial score (nSPS) is 31.9. The van der Waals surface area contributed by atoms with Gasteiger partial charge in [-0.15, -0.1) is 0 Å². The van der Waals surface area contributed by atoms with Crippen LogP contribution in [0.4, 0.5) is 0 Å². The summed E-state index contributed by atoms with van der Waals surface area (Å²) < 4.78 is 0. The predicted octanol–water partition coefficient (Wildman–Crippen LogP) is 2.63. The number of rotatable bonds is 3. The fourth-order valence-corrected chi connectivity index (χ4v) is 3.47. The van der Waals surface area contributed by atoms with Crippen LogP contribution in [0.2, 0.25) is 0 Å². The van der Waals surface area contributed by atoms with E-state index in [0.29, 0.717) is 24.0 Å². The topological polar surface area (TPSA) is 30.0 Å². The van der Waals surface area contributed by atoms with Gasteiger partial charge in [0.25, 0.3) is 0 Å². The number of ketones is 1. The summed E-state index contributed by atoms with van der Waals surface area (Å²) in [6, 6.07) is 3.90. The summed E-state index contributed by atoms with van der Waals surface area (Å²) in [6.07, 6.45) is 9.26. The van der Waals surface area contributed by atoms with Crippen LogP contribution >= 0.6 is 0 Å². The molecule has 3 atom stereocenters. The Labute approximate surface area is 96.1 Å². The largest absolute Gasteiger partial charge is 0.299 e. The zero-order valence-electron chi connectivity index (χ0n) is 9.43. The average molecular weight is 215 g/mol. The van der Waals surface area contributed by atoms with Crippen molar-refractivity contribution in [3.8, 4) is 0 Å². The van der Waals surface area contributed by atoms with E-state index in [-0.39, 0.29) is 0 Å². The highest BCUT2D eigenvalue weighted by atomic mass is 16.1. The standard InChI is InChI=1S/C14H17NO/c16-14(8-11-2-1-5-15-9-11)13-7-10-3-4-12(13)6-10/h1-2,5,9-10,12-13H,3-4,6-8H2. The maximum absolute atomic E-state index is 12.2. The van der Waals surface area contributed by atoms with Crippen LogP contribution in [0.25, 0.3) is 0 Å². The van der Waals surface area contributed by atoms with Crippen LogP contribution in [0.5, 0.6) is 0 Å². The Morgan fingerprint density at radius 2 is 2.31 bits per heavy atom. The predicted molar refractivity (Wildman–Crippen MR) is 61.9 cm³/mol. The van der Waals surface area contributed by atoms with Gasteiger partial charge in [-0.25, -0.2) is 0 Å². The average Bonchev–Trinajstić information content (AvgIpc) is 2.92. The molecule has 0 aromatic carbocycles. The molecule has 2 nitrogen and oxygen atoms in total. The van der Waals surface area contributed by atoms with Gasteiger partial charge in [-0.2, -0.15) is 0 Å². The van der Waals surface area contributed by atoms with E-state index in [1.54, 1.807) is 6.20 Å². The molecule has 2 aliphatic carbocycles. The summed E-state index contributed by atoms with van der Waals surface area (Å²) in [7, 11) is 0. The molecule has 1 aromatic rings. The second kappa shape index (κ2) is 4.00. The summed E-state index contributed by atoms with van der Waals surface area (Å²) in [4.78, 5) is 16.2. The molecular weight excluding hydrogens is 198 g/mol. The maximum Gasteiger partial charge on any atom is 0.140 e. The lowest BCUT2D eigenvalue weighted by molar-refractivity contribution is -0.123. The number of carbonyl (C=O) groups is 1. The molecule has 16 heavy (non-hydrogen) atoms. The Morgan fingerprint density at radius 3 is 2.94 bits per heavy atom. The van der Waals surface area contributed by atoms with Crippen LogP contribution in [0.3, 0.4) is 0 Å². The Balaban J connectivity index is 1.66. The Hall–Kier alpha value is -1.18. The molecule has 1 heterocycles. The molecule has 0 amide bonds. The van der Waals surface area contributed by atoms with Crippen LogP contribution in [0.1, 0.15) is 31.2 Å². The molecular formula is C14H17NO. The van der Waals surface area contributed by atoms with Gasteiger partial charge >= 0.3 is 0 Å². The fraction of sp³-hybridized carbons (Fsp3) is 0.571. The lowest BCUT2D eigenvalue weighted by atomic mass is 9.84. The molecule has 2 bridgehead atoms. The highest BCUT2D eigenvalue weighted by molar-refractivity contribution is 5.83. The zero-order chi connectivity index (χ0) is 11.0. The lowest BCUT2D eigenvalue weighted by Crippen LogP contribution is -2.22. The van der Waals surface area contributed by atoms with Crippen molar-refractivity contribution >= 4 is 5.78 Å². The van der Waals surface area contributed by atoms with Crippen molar-refractivity contribution in [2.24, 2.45) is 17.8 Å². The summed E-state index contributed by atoms with van der Waals surface area (Å²) in [5.74, 6) is 2.36. The van der Waals surface area contributed by atoms with Crippen molar-refractivity contribution in [2.45, 2.75) is 32.1 Å². The number of pyridine rings is 1. The maximum atomic E-state index is 12.2. The minimum Gasteiger partial charge on any atom is -0.299 e. The van der Waals surface area contributed by atoms with Crippen LogP contribution in [-0.2, 0) is 11.2 Å². The minimum atomic E-state index is 0.360. The third-order valence-electron chi connectivity index (χ3n) is 4.25. The molecule has 0 aliphatic heterocycles. The zero-order valence-corrected chi connectivity index (χ0v) is 9.43. The molecule has 0 radical (unpaired) electrons. The highest BCUT2D eigenvalue weighted by Gasteiger charge is 2.42. The Bertz CT molecular complexity index is 387. The first-order valence-corrected chi connectivity index (χ1v) is 6.24. The van der Waals surface area contributed by atoms with Gasteiger partial charge in [-0.1, -0.05) is 12.5 Å². The van der Waals surface area contributed by atoms with E-state index >= 15 is 0 Å². The third kappa shape index (κ3) is 1.77. The van der Waals surface area contributed by atoms with Crippen molar-refractivity contribution in [1.82, 2.24) is 4.98 Å². The van der Waals surface area contributed by atoms with Gasteiger partial charge in [0.15, 0.2) is 0 Å². The smallest absolute Gasteiger partial charge is 0.140 e. The van der Waals surface area contributed by atoms with E-state index in [1.165, 1.54) is 19.3 Å². The Kier molecular flexibility index (Phi) is 2.50. The second-order valence-electron chi connectivity index (χ2n) is 5.29. The van der Waals surface area contributed by atoms with E-state index in [1.807, 2.05) is 18.3 Å². The first-order valence-electron chi connectivity index (χ1n) is 6.24. The summed E-state index contributed by atoms with van der Waals surface area (Å²) in [5.41, 5.74) is 1.07. The number of Topliss-reactive ketones (excluding diaryl/α,β-unsaturated/α-hetero) is 1. The third-order valence-corrected chi connectivity index (χ3v) is 4.25. The molecule has 3 rings (SSSR count). The molecule has 84 valence electrons. The number of carbonyl (C=O) groups excluding carboxylic acids is 1. The second-order valence-corrected chi connectivity index (χ2v) is 5.29. The van der Waals surface area contributed by atoms with Crippen molar-refractivity contribution in [1.29, 1.82) is 0 Å². The van der Waals surface area contributed by atoms with E-state index in [4.69, 9.17) is 0 Å². The number of hydrogen-bond acceptors (Lipinski definition) is 2. The van der Waals surface area contributed by atoms with E-state index in [2.05, 4.69) is 4.98 Å². The molecule has 2 heteroatoms. The van der Waals surface area contributed by atoms with Crippen molar-refractivity contribution < 1.29 is 4.79 Å². The molecule has 3 unspecified atom stereocenters. The van der Waals surface area contributed by atoms with Gasteiger partial charge in [0.2, 0.25) is 0 Å². The fourth-order valence-electron chi connectivity index (χ4n) is 3.47. The van der Waals surface area contributed by atoms with Gasteiger partial charge in [-0.05, 0) is 42.7 Å². The quantitative estimate of drug-likeness (QED) is 0.775. The van der Waals surface area contributed by atoms with Gasteiger partial charge in [0.1, 0.15) is 5.78 Å². The molecule has 0 spiro atoms. The first-order chi connectivity index (χ1) is 7.83. The molecule has 2 aliphatic rings. The van der Waals surface area contributed by atoms with Crippen molar-refractivity contribution in [2.75, 3.05) is 0 Å². The van der Waals surface area contributed by atoms with Crippen molar-refractivity contribution in [3.05, 3.63) is 30.1 Å². The van der Waals surface area contributed by atoms with Gasteiger partial charge in [-0.3, -0.25) is 9.78 Å². The molecule has 2 saturated carbocycles. The molecule has 0 saturated heterocycles. The number of fused-ring (bicyclic) bond motifs is 2. The van der Waals surface area contributed by atoms with Crippen molar-refractivity contribution in [3.63, 3.8) is 0 Å². The summed E-state index contributed by atoms with van der Waals surface area (Å²) >= 11 is 0. The summed E-state index contributed by atoms with van der Waals surface area (Å²) in [6.45, 7) is 0. The van der Waals surface area contributed by atoms with Crippen LogP contribution in [0, 0.1) is 17.8 Å². The monoisotopic (exact) mass is 215 g/mol. The summed E-state index contributed by atoms with van der Waals surface area (Å²) in [5, 5.41) is 0. The van der Waals surface area contributed by atoms with Crippen LogP contribution < -0.4 is 0 Å². The van der Waals surface area contributed by atoms with E-state index in [0.717, 1.165) is 17.9 Å².